The second-order valence-electron chi connectivity index (χ2n) is 5.86. The first kappa shape index (κ1) is 16.3. The summed E-state index contributed by atoms with van der Waals surface area (Å²) in [6.45, 7) is 1.64. The fourth-order valence-electron chi connectivity index (χ4n) is 2.83. The molecule has 0 bridgehead atoms. The van der Waals surface area contributed by atoms with E-state index in [9.17, 15) is 9.59 Å². The van der Waals surface area contributed by atoms with Crippen molar-refractivity contribution in [3.8, 4) is 5.69 Å². The monoisotopic (exact) mass is 367 g/mol. The molecule has 0 radical (unpaired) electrons. The summed E-state index contributed by atoms with van der Waals surface area (Å²) < 4.78 is 0. The number of carbonyl (C=O) groups excluding carboxylic acids is 2. The summed E-state index contributed by atoms with van der Waals surface area (Å²) >= 11 is 6.01. The molecule has 1 aliphatic rings. The number of anilines is 2. The van der Waals surface area contributed by atoms with E-state index in [1.807, 2.05) is 6.07 Å². The zero-order valence-corrected chi connectivity index (χ0v) is 14.6. The van der Waals surface area contributed by atoms with Gasteiger partial charge in [0.05, 0.1) is 22.8 Å². The number of benzene rings is 2. The van der Waals surface area contributed by atoms with E-state index in [2.05, 4.69) is 15.5 Å². The number of aromatic nitrogens is 3. The number of rotatable bonds is 2. The van der Waals surface area contributed by atoms with Crippen LogP contribution in [0.3, 0.4) is 0 Å². The highest BCUT2D eigenvalue weighted by atomic mass is 35.5. The maximum Gasteiger partial charge on any atom is 0.281 e. The molecule has 1 N–H and O–H groups in total. The standard InChI is InChI=1S/C18H14ClN5O2/c1-11-17(22-24(21-11)13-6-4-5-12(19)9-13)18(26)23-10-16(25)20-14-7-2-3-8-15(14)23/h2-9H,10H2,1H3,(H,20,25). The first-order chi connectivity index (χ1) is 12.5. The topological polar surface area (TPSA) is 80.1 Å². The van der Waals surface area contributed by atoms with Crippen LogP contribution in [0, 0.1) is 6.92 Å². The average molecular weight is 368 g/mol. The fourth-order valence-corrected chi connectivity index (χ4v) is 3.02. The highest BCUT2D eigenvalue weighted by molar-refractivity contribution is 6.30. The Hall–Kier alpha value is -3.19. The van der Waals surface area contributed by atoms with Crippen molar-refractivity contribution in [2.24, 2.45) is 0 Å². The highest BCUT2D eigenvalue weighted by Gasteiger charge is 2.30. The predicted octanol–water partition coefficient (Wildman–Crippen LogP) is 2.83. The van der Waals surface area contributed by atoms with Gasteiger partial charge in [0.15, 0.2) is 5.69 Å². The zero-order valence-electron chi connectivity index (χ0n) is 13.8. The number of aryl methyl sites for hydroxylation is 1. The Morgan fingerprint density at radius 3 is 2.77 bits per heavy atom. The molecule has 8 heteroatoms. The third kappa shape index (κ3) is 2.82. The fraction of sp³-hybridized carbons (Fsp3) is 0.111. The van der Waals surface area contributed by atoms with Gasteiger partial charge >= 0.3 is 0 Å². The molecule has 130 valence electrons. The summed E-state index contributed by atoms with van der Waals surface area (Å²) in [5, 5.41) is 11.9. The van der Waals surface area contributed by atoms with Crippen molar-refractivity contribution in [2.75, 3.05) is 16.8 Å². The van der Waals surface area contributed by atoms with E-state index in [1.54, 1.807) is 49.4 Å². The van der Waals surface area contributed by atoms with E-state index in [4.69, 9.17) is 11.6 Å². The quantitative estimate of drug-likeness (QED) is 0.755. The lowest BCUT2D eigenvalue weighted by Crippen LogP contribution is -2.42. The number of fused-ring (bicyclic) bond motifs is 1. The molecule has 2 aromatic carbocycles. The van der Waals surface area contributed by atoms with Crippen LogP contribution in [0.5, 0.6) is 0 Å². The molecule has 0 spiro atoms. The van der Waals surface area contributed by atoms with Crippen molar-refractivity contribution in [2.45, 2.75) is 6.92 Å². The molecule has 26 heavy (non-hydrogen) atoms. The summed E-state index contributed by atoms with van der Waals surface area (Å²) in [4.78, 5) is 27.8. The number of halogens is 1. The van der Waals surface area contributed by atoms with Crippen LogP contribution in [0.4, 0.5) is 11.4 Å². The van der Waals surface area contributed by atoms with Gasteiger partial charge in [0.25, 0.3) is 5.91 Å². The minimum atomic E-state index is -0.377. The number of para-hydroxylation sites is 2. The first-order valence-corrected chi connectivity index (χ1v) is 8.31. The Morgan fingerprint density at radius 1 is 1.15 bits per heavy atom. The van der Waals surface area contributed by atoms with Crippen LogP contribution >= 0.6 is 11.6 Å². The third-order valence-electron chi connectivity index (χ3n) is 4.04. The summed E-state index contributed by atoms with van der Waals surface area (Å²) in [5.41, 5.74) is 2.54. The van der Waals surface area contributed by atoms with Crippen molar-refractivity contribution in [3.05, 3.63) is 64.9 Å². The molecule has 0 aliphatic carbocycles. The maximum absolute atomic E-state index is 13.0. The van der Waals surface area contributed by atoms with Crippen molar-refractivity contribution in [1.82, 2.24) is 15.0 Å². The van der Waals surface area contributed by atoms with Crippen LogP contribution in [-0.4, -0.2) is 33.4 Å². The van der Waals surface area contributed by atoms with Crippen molar-refractivity contribution in [1.29, 1.82) is 0 Å². The number of hydrogen-bond acceptors (Lipinski definition) is 4. The van der Waals surface area contributed by atoms with E-state index in [0.717, 1.165) is 0 Å². The zero-order chi connectivity index (χ0) is 18.3. The maximum atomic E-state index is 13.0. The number of amides is 2. The van der Waals surface area contributed by atoms with Gasteiger partial charge in [-0.05, 0) is 37.3 Å². The molecule has 3 aromatic rings. The van der Waals surface area contributed by atoms with E-state index in [1.165, 1.54) is 9.70 Å². The average Bonchev–Trinajstić information content (AvgIpc) is 3.02. The summed E-state index contributed by atoms with van der Waals surface area (Å²) in [6.07, 6.45) is 0. The molecule has 0 unspecified atom stereocenters. The summed E-state index contributed by atoms with van der Waals surface area (Å²) in [6, 6.07) is 14.2. The molecule has 0 saturated heterocycles. The molecule has 2 heterocycles. The molecule has 4 rings (SSSR count). The van der Waals surface area contributed by atoms with E-state index < -0.39 is 0 Å². The summed E-state index contributed by atoms with van der Waals surface area (Å²) in [5.74, 6) is -0.630. The lowest BCUT2D eigenvalue weighted by atomic mass is 10.1. The molecule has 0 saturated carbocycles. The molecular formula is C18H14ClN5O2. The third-order valence-corrected chi connectivity index (χ3v) is 4.27. The van der Waals surface area contributed by atoms with Crippen LogP contribution in [0.15, 0.2) is 48.5 Å². The van der Waals surface area contributed by atoms with Crippen molar-refractivity contribution >= 4 is 34.8 Å². The van der Waals surface area contributed by atoms with Crippen LogP contribution in [0.2, 0.25) is 5.02 Å². The van der Waals surface area contributed by atoms with Gasteiger partial charge in [-0.15, -0.1) is 5.10 Å². The van der Waals surface area contributed by atoms with Gasteiger partial charge in [0.1, 0.15) is 6.54 Å². The van der Waals surface area contributed by atoms with Gasteiger partial charge in [0.2, 0.25) is 5.91 Å². The lowest BCUT2D eigenvalue weighted by Gasteiger charge is -2.28. The Bertz CT molecular complexity index is 1030. The number of hydrogen-bond donors (Lipinski definition) is 1. The van der Waals surface area contributed by atoms with Crippen molar-refractivity contribution < 1.29 is 9.59 Å². The van der Waals surface area contributed by atoms with Crippen LogP contribution in [0.1, 0.15) is 16.2 Å². The molecule has 0 fully saturated rings. The number of carbonyl (C=O) groups is 2. The van der Waals surface area contributed by atoms with E-state index >= 15 is 0 Å². The Labute approximate surface area is 154 Å². The minimum absolute atomic E-state index is 0.0701. The second-order valence-corrected chi connectivity index (χ2v) is 6.30. The van der Waals surface area contributed by atoms with E-state index in [0.29, 0.717) is 27.8 Å². The second kappa shape index (κ2) is 6.27. The van der Waals surface area contributed by atoms with Gasteiger partial charge in [-0.3, -0.25) is 14.5 Å². The van der Waals surface area contributed by atoms with Crippen LogP contribution in [0.25, 0.3) is 5.69 Å². The van der Waals surface area contributed by atoms with Gasteiger partial charge in [-0.1, -0.05) is 29.8 Å². The molecule has 2 amide bonds. The van der Waals surface area contributed by atoms with Gasteiger partial charge in [-0.25, -0.2) is 0 Å². The molecule has 0 atom stereocenters. The van der Waals surface area contributed by atoms with Gasteiger partial charge in [0, 0.05) is 5.02 Å². The largest absolute Gasteiger partial charge is 0.323 e. The summed E-state index contributed by atoms with van der Waals surface area (Å²) in [7, 11) is 0. The Morgan fingerprint density at radius 2 is 1.96 bits per heavy atom. The Kier molecular flexibility index (Phi) is 3.93. The van der Waals surface area contributed by atoms with Crippen LogP contribution in [-0.2, 0) is 4.79 Å². The molecule has 7 nitrogen and oxygen atoms in total. The minimum Gasteiger partial charge on any atom is -0.323 e. The van der Waals surface area contributed by atoms with E-state index in [-0.39, 0.29) is 24.1 Å². The van der Waals surface area contributed by atoms with Crippen molar-refractivity contribution in [3.63, 3.8) is 0 Å². The number of nitrogens with one attached hydrogen (secondary N) is 1. The SMILES string of the molecule is Cc1nn(-c2cccc(Cl)c2)nc1C(=O)N1CC(=O)Nc2ccccc21. The predicted molar refractivity (Wildman–Crippen MR) is 97.9 cm³/mol. The normalized spacial score (nSPS) is 13.3. The number of nitrogens with zero attached hydrogens (tertiary/aromatic N) is 4. The van der Waals surface area contributed by atoms with Crippen LogP contribution < -0.4 is 10.2 Å². The first-order valence-electron chi connectivity index (χ1n) is 7.93. The molecule has 1 aliphatic heterocycles. The highest BCUT2D eigenvalue weighted by Crippen LogP contribution is 2.30. The Balaban J connectivity index is 1.73. The van der Waals surface area contributed by atoms with Gasteiger partial charge < -0.3 is 5.32 Å². The lowest BCUT2D eigenvalue weighted by molar-refractivity contribution is -0.115. The smallest absolute Gasteiger partial charge is 0.281 e. The molecule has 1 aromatic heterocycles. The van der Waals surface area contributed by atoms with Gasteiger partial charge in [-0.2, -0.15) is 9.90 Å². The molecular weight excluding hydrogens is 354 g/mol.